The third kappa shape index (κ3) is 3.16. The van der Waals surface area contributed by atoms with E-state index in [0.717, 1.165) is 28.8 Å². The molecule has 0 N–H and O–H groups in total. The smallest absolute Gasteiger partial charge is 0.270 e. The fourth-order valence-corrected chi connectivity index (χ4v) is 4.46. The van der Waals surface area contributed by atoms with Crippen LogP contribution in [0.25, 0.3) is 0 Å². The second-order valence-electron chi connectivity index (χ2n) is 5.73. The van der Waals surface area contributed by atoms with Gasteiger partial charge in [-0.15, -0.1) is 0 Å². The molecular weight excluding hydrogens is 396 g/mol. The average Bonchev–Trinajstić information content (AvgIpc) is 2.53. The normalized spacial score (nSPS) is 14.3. The van der Waals surface area contributed by atoms with Crippen molar-refractivity contribution in [3.05, 3.63) is 62.1 Å². The lowest BCUT2D eigenvalue weighted by Crippen LogP contribution is -2.31. The second kappa shape index (κ2) is 6.18. The van der Waals surface area contributed by atoms with Crippen molar-refractivity contribution in [3.8, 4) is 0 Å². The number of non-ortho nitro benzene ring substituents is 1. The van der Waals surface area contributed by atoms with E-state index in [4.69, 9.17) is 0 Å². The molecule has 0 aromatic heterocycles. The van der Waals surface area contributed by atoms with Gasteiger partial charge in [0.25, 0.3) is 5.69 Å². The minimum absolute atomic E-state index is 0.00449. The first kappa shape index (κ1) is 16.9. The number of halogens is 1. The van der Waals surface area contributed by atoms with Gasteiger partial charge in [-0.05, 0) is 29.7 Å². The molecule has 24 heavy (non-hydrogen) atoms. The molecule has 1 aliphatic rings. The van der Waals surface area contributed by atoms with E-state index < -0.39 is 14.8 Å². The highest BCUT2D eigenvalue weighted by atomic mass is 79.9. The molecule has 0 atom stereocenters. The maximum absolute atomic E-state index is 12.1. The molecule has 0 spiro atoms. The molecule has 0 amide bonds. The first-order valence-corrected chi connectivity index (χ1v) is 9.95. The Morgan fingerprint density at radius 3 is 2.67 bits per heavy atom. The first-order chi connectivity index (χ1) is 11.3. The summed E-state index contributed by atoms with van der Waals surface area (Å²) < 4.78 is 25.3. The molecule has 0 aliphatic carbocycles. The predicted octanol–water partition coefficient (Wildman–Crippen LogP) is 3.32. The number of nitro benzene ring substituents is 1. The van der Waals surface area contributed by atoms with E-state index >= 15 is 0 Å². The molecule has 3 rings (SSSR count). The van der Waals surface area contributed by atoms with Crippen LogP contribution in [0.1, 0.15) is 11.1 Å². The molecular formula is C16H15BrN2O4S. The van der Waals surface area contributed by atoms with Crippen LogP contribution in [-0.2, 0) is 22.8 Å². The summed E-state index contributed by atoms with van der Waals surface area (Å²) in [6.45, 7) is 1.21. The van der Waals surface area contributed by atoms with Gasteiger partial charge in [0.1, 0.15) is 0 Å². The SMILES string of the molecule is CS(=O)(=O)c1cc([N+](=O)[O-])ccc1N1CCc2c(Br)cccc2C1. The lowest BCUT2D eigenvalue weighted by atomic mass is 9.99. The quantitative estimate of drug-likeness (QED) is 0.572. The van der Waals surface area contributed by atoms with E-state index in [-0.39, 0.29) is 10.6 Å². The van der Waals surface area contributed by atoms with Crippen molar-refractivity contribution in [3.63, 3.8) is 0 Å². The fraction of sp³-hybridized carbons (Fsp3) is 0.250. The van der Waals surface area contributed by atoms with Crippen LogP contribution in [0.4, 0.5) is 11.4 Å². The van der Waals surface area contributed by atoms with Crippen molar-refractivity contribution in [2.45, 2.75) is 17.9 Å². The summed E-state index contributed by atoms with van der Waals surface area (Å²) in [6.07, 6.45) is 1.85. The van der Waals surface area contributed by atoms with E-state index in [0.29, 0.717) is 18.8 Å². The Labute approximate surface area is 148 Å². The zero-order valence-corrected chi connectivity index (χ0v) is 15.3. The van der Waals surface area contributed by atoms with Crippen LogP contribution in [0.2, 0.25) is 0 Å². The molecule has 126 valence electrons. The Balaban J connectivity index is 2.06. The maximum Gasteiger partial charge on any atom is 0.270 e. The minimum atomic E-state index is -3.58. The molecule has 0 fully saturated rings. The lowest BCUT2D eigenvalue weighted by Gasteiger charge is -2.32. The molecule has 0 unspecified atom stereocenters. The van der Waals surface area contributed by atoms with Crippen LogP contribution in [0.3, 0.4) is 0 Å². The number of sulfone groups is 1. The van der Waals surface area contributed by atoms with Gasteiger partial charge >= 0.3 is 0 Å². The number of fused-ring (bicyclic) bond motifs is 1. The molecule has 2 aromatic carbocycles. The van der Waals surface area contributed by atoms with Gasteiger partial charge in [0.15, 0.2) is 9.84 Å². The lowest BCUT2D eigenvalue weighted by molar-refractivity contribution is -0.385. The van der Waals surface area contributed by atoms with Crippen molar-refractivity contribution in [1.82, 2.24) is 0 Å². The topological polar surface area (TPSA) is 80.5 Å². The van der Waals surface area contributed by atoms with E-state index in [1.165, 1.54) is 17.7 Å². The van der Waals surface area contributed by atoms with Gasteiger partial charge in [-0.25, -0.2) is 8.42 Å². The van der Waals surface area contributed by atoms with Crippen LogP contribution >= 0.6 is 15.9 Å². The summed E-state index contributed by atoms with van der Waals surface area (Å²) in [6, 6.07) is 9.96. The number of anilines is 1. The van der Waals surface area contributed by atoms with Gasteiger partial charge in [-0.3, -0.25) is 10.1 Å². The number of benzene rings is 2. The summed E-state index contributed by atoms with van der Waals surface area (Å²) in [5.41, 5.74) is 2.62. The Morgan fingerprint density at radius 2 is 2.00 bits per heavy atom. The van der Waals surface area contributed by atoms with E-state index in [9.17, 15) is 18.5 Å². The predicted molar refractivity (Wildman–Crippen MR) is 95.1 cm³/mol. The molecule has 8 heteroatoms. The number of hydrogen-bond donors (Lipinski definition) is 0. The summed E-state index contributed by atoms with van der Waals surface area (Å²) in [7, 11) is -3.58. The fourth-order valence-electron chi connectivity index (χ4n) is 2.94. The number of nitrogens with zero attached hydrogens (tertiary/aromatic N) is 2. The van der Waals surface area contributed by atoms with Gasteiger partial charge in [0.2, 0.25) is 0 Å². The van der Waals surface area contributed by atoms with Gasteiger partial charge in [-0.1, -0.05) is 28.1 Å². The minimum Gasteiger partial charge on any atom is -0.366 e. The van der Waals surface area contributed by atoms with Gasteiger partial charge in [-0.2, -0.15) is 0 Å². The molecule has 1 heterocycles. The standard InChI is InChI=1S/C16H15BrN2O4S/c1-24(22,23)16-9-12(19(20)21)5-6-15(16)18-8-7-13-11(10-18)3-2-4-14(13)17/h2-6,9H,7-8,10H2,1H3. The first-order valence-electron chi connectivity index (χ1n) is 7.27. The summed E-state index contributed by atoms with van der Waals surface area (Å²) in [5.74, 6) is 0. The summed E-state index contributed by atoms with van der Waals surface area (Å²) in [4.78, 5) is 12.3. The zero-order valence-electron chi connectivity index (χ0n) is 12.9. The monoisotopic (exact) mass is 410 g/mol. The third-order valence-corrected chi connectivity index (χ3v) is 5.97. The number of nitro groups is 1. The van der Waals surface area contributed by atoms with Gasteiger partial charge < -0.3 is 4.90 Å². The molecule has 2 aromatic rings. The van der Waals surface area contributed by atoms with Gasteiger partial charge in [0.05, 0.1) is 15.5 Å². The van der Waals surface area contributed by atoms with Crippen molar-refractivity contribution < 1.29 is 13.3 Å². The van der Waals surface area contributed by atoms with Crippen LogP contribution in [-0.4, -0.2) is 26.1 Å². The molecule has 0 radical (unpaired) electrons. The molecule has 1 aliphatic heterocycles. The van der Waals surface area contributed by atoms with E-state index in [1.54, 1.807) is 0 Å². The number of rotatable bonds is 3. The largest absolute Gasteiger partial charge is 0.366 e. The van der Waals surface area contributed by atoms with Crippen LogP contribution in [0, 0.1) is 10.1 Å². The Morgan fingerprint density at radius 1 is 1.25 bits per heavy atom. The van der Waals surface area contributed by atoms with Crippen molar-refractivity contribution in [1.29, 1.82) is 0 Å². The molecule has 0 bridgehead atoms. The van der Waals surface area contributed by atoms with E-state index in [2.05, 4.69) is 15.9 Å². The van der Waals surface area contributed by atoms with Crippen LogP contribution < -0.4 is 4.90 Å². The zero-order chi connectivity index (χ0) is 17.5. The Bertz CT molecular complexity index is 928. The molecule has 6 nitrogen and oxygen atoms in total. The highest BCUT2D eigenvalue weighted by molar-refractivity contribution is 9.10. The summed E-state index contributed by atoms with van der Waals surface area (Å²) in [5, 5.41) is 11.0. The molecule has 0 saturated carbocycles. The number of hydrogen-bond acceptors (Lipinski definition) is 5. The maximum atomic E-state index is 12.1. The van der Waals surface area contributed by atoms with Crippen molar-refractivity contribution >= 4 is 37.1 Å². The highest BCUT2D eigenvalue weighted by Gasteiger charge is 2.25. The average molecular weight is 411 g/mol. The Kier molecular flexibility index (Phi) is 4.35. The van der Waals surface area contributed by atoms with Crippen LogP contribution in [0.5, 0.6) is 0 Å². The summed E-state index contributed by atoms with van der Waals surface area (Å²) >= 11 is 3.54. The van der Waals surface area contributed by atoms with Crippen molar-refractivity contribution in [2.24, 2.45) is 0 Å². The highest BCUT2D eigenvalue weighted by Crippen LogP contribution is 2.34. The third-order valence-electron chi connectivity index (χ3n) is 4.10. The van der Waals surface area contributed by atoms with E-state index in [1.807, 2.05) is 23.1 Å². The second-order valence-corrected chi connectivity index (χ2v) is 8.57. The van der Waals surface area contributed by atoms with Crippen molar-refractivity contribution in [2.75, 3.05) is 17.7 Å². The molecule has 0 saturated heterocycles. The van der Waals surface area contributed by atoms with Gasteiger partial charge in [0, 0.05) is 36.0 Å². The Hall–Kier alpha value is -1.93. The van der Waals surface area contributed by atoms with Crippen LogP contribution in [0.15, 0.2) is 45.8 Å².